The minimum Gasteiger partial charge on any atom is -0.325 e. The number of likely N-dealkylation sites (tertiary alicyclic amines) is 1. The molecule has 0 aliphatic carbocycles. The van der Waals surface area contributed by atoms with Crippen LogP contribution in [-0.2, 0) is 12.8 Å². The molecule has 1 aromatic heterocycles. The molecule has 1 saturated heterocycles. The molecule has 134 valence electrons. The van der Waals surface area contributed by atoms with Gasteiger partial charge in [-0.1, -0.05) is 13.0 Å². The Balaban J connectivity index is 1.49. The van der Waals surface area contributed by atoms with E-state index in [1.54, 1.807) is 11.3 Å². The molecule has 25 heavy (non-hydrogen) atoms. The van der Waals surface area contributed by atoms with E-state index in [9.17, 15) is 4.79 Å². The van der Waals surface area contributed by atoms with Gasteiger partial charge in [-0.05, 0) is 62.3 Å². The third-order valence-electron chi connectivity index (χ3n) is 5.08. The molecule has 1 aromatic carbocycles. The van der Waals surface area contributed by atoms with Crippen LogP contribution in [0.1, 0.15) is 41.6 Å². The minimum absolute atomic E-state index is 0.0178. The second-order valence-electron chi connectivity index (χ2n) is 6.95. The van der Waals surface area contributed by atoms with Gasteiger partial charge in [-0.15, -0.1) is 11.3 Å². The van der Waals surface area contributed by atoms with E-state index >= 15 is 0 Å². The third-order valence-corrected chi connectivity index (χ3v) is 6.00. The monoisotopic (exact) mass is 357 g/mol. The van der Waals surface area contributed by atoms with Crippen molar-refractivity contribution in [2.24, 2.45) is 5.92 Å². The maximum Gasteiger partial charge on any atom is 0.321 e. The number of nitrogens with one attached hydrogen (secondary N) is 1. The standard InChI is InChI=1S/C20H27N3OS/c1-4-17-13-25-19(21-17)12-16-7-9-23(10-8-16)20(24)22-18-6-5-14(2)15(3)11-18/h5-6,11,13,16H,4,7-10,12H2,1-3H3,(H,22,24). The van der Waals surface area contributed by atoms with E-state index in [1.807, 2.05) is 17.0 Å². The van der Waals surface area contributed by atoms with Gasteiger partial charge in [-0.25, -0.2) is 9.78 Å². The van der Waals surface area contributed by atoms with Crippen LogP contribution in [0.15, 0.2) is 23.6 Å². The van der Waals surface area contributed by atoms with Gasteiger partial charge in [0.1, 0.15) is 0 Å². The topological polar surface area (TPSA) is 45.2 Å². The number of carbonyl (C=O) groups is 1. The fourth-order valence-corrected chi connectivity index (χ4v) is 4.21. The Morgan fingerprint density at radius 3 is 2.68 bits per heavy atom. The zero-order valence-electron chi connectivity index (χ0n) is 15.3. The van der Waals surface area contributed by atoms with Crippen LogP contribution in [0.25, 0.3) is 0 Å². The Morgan fingerprint density at radius 1 is 1.28 bits per heavy atom. The van der Waals surface area contributed by atoms with Gasteiger partial charge < -0.3 is 10.2 Å². The molecular weight excluding hydrogens is 330 g/mol. The van der Waals surface area contributed by atoms with Crippen molar-refractivity contribution in [3.8, 4) is 0 Å². The number of anilines is 1. The molecule has 2 amide bonds. The highest BCUT2D eigenvalue weighted by atomic mass is 32.1. The zero-order valence-corrected chi connectivity index (χ0v) is 16.2. The average Bonchev–Trinajstić information content (AvgIpc) is 3.06. The largest absolute Gasteiger partial charge is 0.325 e. The number of urea groups is 1. The fourth-order valence-electron chi connectivity index (χ4n) is 3.21. The highest BCUT2D eigenvalue weighted by Crippen LogP contribution is 2.24. The molecule has 2 aromatic rings. The Kier molecular flexibility index (Phi) is 5.74. The summed E-state index contributed by atoms with van der Waals surface area (Å²) in [6.45, 7) is 7.95. The summed E-state index contributed by atoms with van der Waals surface area (Å²) >= 11 is 1.78. The second-order valence-corrected chi connectivity index (χ2v) is 7.89. The Bertz CT molecular complexity index is 732. The Morgan fingerprint density at radius 2 is 2.04 bits per heavy atom. The van der Waals surface area contributed by atoms with Gasteiger partial charge in [0.15, 0.2) is 0 Å². The summed E-state index contributed by atoms with van der Waals surface area (Å²) in [5, 5.41) is 6.45. The van der Waals surface area contributed by atoms with Crippen molar-refractivity contribution >= 4 is 23.1 Å². The second kappa shape index (κ2) is 8.00. The predicted molar refractivity (Wildman–Crippen MR) is 104 cm³/mol. The summed E-state index contributed by atoms with van der Waals surface area (Å²) in [4.78, 5) is 19.1. The first kappa shape index (κ1) is 17.9. The number of piperidine rings is 1. The van der Waals surface area contributed by atoms with Gasteiger partial charge in [0.2, 0.25) is 0 Å². The normalized spacial score (nSPS) is 15.4. The van der Waals surface area contributed by atoms with E-state index in [1.165, 1.54) is 21.8 Å². The molecule has 1 N–H and O–H groups in total. The van der Waals surface area contributed by atoms with Crippen LogP contribution in [0.3, 0.4) is 0 Å². The molecule has 5 heteroatoms. The fraction of sp³-hybridized carbons (Fsp3) is 0.500. The molecule has 0 saturated carbocycles. The van der Waals surface area contributed by atoms with E-state index in [-0.39, 0.29) is 6.03 Å². The number of aryl methyl sites for hydroxylation is 3. The van der Waals surface area contributed by atoms with Gasteiger partial charge in [-0.3, -0.25) is 0 Å². The lowest BCUT2D eigenvalue weighted by atomic mass is 9.94. The molecule has 0 radical (unpaired) electrons. The number of rotatable bonds is 4. The molecule has 3 rings (SSSR count). The van der Waals surface area contributed by atoms with Crippen LogP contribution < -0.4 is 5.32 Å². The van der Waals surface area contributed by atoms with Crippen LogP contribution in [0.4, 0.5) is 10.5 Å². The Labute approximate surface area is 154 Å². The van der Waals surface area contributed by atoms with Crippen molar-refractivity contribution in [1.29, 1.82) is 0 Å². The van der Waals surface area contributed by atoms with Crippen molar-refractivity contribution < 1.29 is 4.79 Å². The molecule has 0 spiro atoms. The van der Waals surface area contributed by atoms with Crippen LogP contribution >= 0.6 is 11.3 Å². The molecular formula is C20H27N3OS. The lowest BCUT2D eigenvalue weighted by Gasteiger charge is -2.31. The van der Waals surface area contributed by atoms with Crippen LogP contribution in [0, 0.1) is 19.8 Å². The number of benzene rings is 1. The van der Waals surface area contributed by atoms with E-state index in [0.717, 1.165) is 44.5 Å². The van der Waals surface area contributed by atoms with Gasteiger partial charge in [0, 0.05) is 30.6 Å². The molecule has 0 atom stereocenters. The van der Waals surface area contributed by atoms with Crippen LogP contribution in [0.5, 0.6) is 0 Å². The maximum atomic E-state index is 12.5. The van der Waals surface area contributed by atoms with Gasteiger partial charge >= 0.3 is 6.03 Å². The number of nitrogens with zero attached hydrogens (tertiary/aromatic N) is 2. The summed E-state index contributed by atoms with van der Waals surface area (Å²) in [6, 6.07) is 6.08. The molecule has 0 bridgehead atoms. The van der Waals surface area contributed by atoms with Crippen molar-refractivity contribution in [1.82, 2.24) is 9.88 Å². The summed E-state index contributed by atoms with van der Waals surface area (Å²) in [7, 11) is 0. The smallest absolute Gasteiger partial charge is 0.321 e. The summed E-state index contributed by atoms with van der Waals surface area (Å²) in [6.07, 6.45) is 4.17. The first-order valence-electron chi connectivity index (χ1n) is 9.11. The summed E-state index contributed by atoms with van der Waals surface area (Å²) in [5.41, 5.74) is 4.52. The number of hydrogen-bond donors (Lipinski definition) is 1. The van der Waals surface area contributed by atoms with Crippen molar-refractivity contribution in [2.45, 2.75) is 46.5 Å². The molecule has 1 aliphatic rings. The van der Waals surface area contributed by atoms with E-state index in [0.29, 0.717) is 5.92 Å². The summed E-state index contributed by atoms with van der Waals surface area (Å²) < 4.78 is 0. The first-order chi connectivity index (χ1) is 12.0. The first-order valence-corrected chi connectivity index (χ1v) is 9.99. The third kappa shape index (κ3) is 4.60. The molecule has 4 nitrogen and oxygen atoms in total. The molecule has 2 heterocycles. The SMILES string of the molecule is CCc1csc(CC2CCN(C(=O)Nc3ccc(C)c(C)c3)CC2)n1. The van der Waals surface area contributed by atoms with Crippen LogP contribution in [-0.4, -0.2) is 29.0 Å². The quantitative estimate of drug-likeness (QED) is 0.853. The number of thiazole rings is 1. The molecule has 0 unspecified atom stereocenters. The van der Waals surface area contributed by atoms with Crippen molar-refractivity contribution in [3.63, 3.8) is 0 Å². The number of amides is 2. The van der Waals surface area contributed by atoms with Gasteiger partial charge in [0.25, 0.3) is 0 Å². The van der Waals surface area contributed by atoms with Gasteiger partial charge in [-0.2, -0.15) is 0 Å². The summed E-state index contributed by atoms with van der Waals surface area (Å²) in [5.74, 6) is 0.640. The predicted octanol–water partition coefficient (Wildman–Crippen LogP) is 4.81. The lowest BCUT2D eigenvalue weighted by Crippen LogP contribution is -2.41. The lowest BCUT2D eigenvalue weighted by molar-refractivity contribution is 0.182. The van der Waals surface area contributed by atoms with Crippen LogP contribution in [0.2, 0.25) is 0 Å². The molecule has 1 aliphatic heterocycles. The highest BCUT2D eigenvalue weighted by molar-refractivity contribution is 7.09. The Hall–Kier alpha value is -1.88. The molecule has 1 fully saturated rings. The highest BCUT2D eigenvalue weighted by Gasteiger charge is 2.23. The number of hydrogen-bond acceptors (Lipinski definition) is 3. The van der Waals surface area contributed by atoms with E-state index in [2.05, 4.69) is 42.5 Å². The number of aromatic nitrogens is 1. The van der Waals surface area contributed by atoms with Gasteiger partial charge in [0.05, 0.1) is 10.7 Å². The van der Waals surface area contributed by atoms with Crippen molar-refractivity contribution in [3.05, 3.63) is 45.4 Å². The minimum atomic E-state index is 0.0178. The maximum absolute atomic E-state index is 12.5. The van der Waals surface area contributed by atoms with E-state index < -0.39 is 0 Å². The average molecular weight is 358 g/mol. The van der Waals surface area contributed by atoms with E-state index in [4.69, 9.17) is 0 Å². The number of carbonyl (C=O) groups excluding carboxylic acids is 1. The zero-order chi connectivity index (χ0) is 17.8. The van der Waals surface area contributed by atoms with Crippen molar-refractivity contribution in [2.75, 3.05) is 18.4 Å².